The van der Waals surface area contributed by atoms with Crippen LogP contribution in [0.25, 0.3) is 0 Å². The van der Waals surface area contributed by atoms with Gasteiger partial charge >= 0.3 is 5.97 Å². The number of carbonyl (C=O) groups excluding carboxylic acids is 1. The van der Waals surface area contributed by atoms with Crippen molar-refractivity contribution >= 4 is 14.3 Å². The fourth-order valence-corrected chi connectivity index (χ4v) is 3.38. The average molecular weight is 389 g/mol. The van der Waals surface area contributed by atoms with E-state index in [2.05, 4.69) is 0 Å². The van der Waals surface area contributed by atoms with E-state index >= 15 is 0 Å². The Morgan fingerprint density at radius 2 is 1.41 bits per heavy atom. The van der Waals surface area contributed by atoms with Gasteiger partial charge in [0.05, 0.1) is 18.8 Å². The van der Waals surface area contributed by atoms with Crippen molar-refractivity contribution in [3.05, 3.63) is 54.1 Å². The first-order valence-corrected chi connectivity index (χ1v) is 12.4. The summed E-state index contributed by atoms with van der Waals surface area (Å²) in [7, 11) is -2.02. The standard InChI is InChI=1S/C21H28O5Si/c1-4-14-24-19-10-12-20(13-11-19)26-21(22)17-6-8-18(9-7-17)25-15-5-16-27(2,3)23/h6-13,23H,4-5,14-16H2,1-3H3. The van der Waals surface area contributed by atoms with Gasteiger partial charge in [-0.15, -0.1) is 0 Å². The van der Waals surface area contributed by atoms with Gasteiger partial charge in [-0.2, -0.15) is 0 Å². The van der Waals surface area contributed by atoms with Crippen LogP contribution in [0.4, 0.5) is 0 Å². The van der Waals surface area contributed by atoms with Crippen molar-refractivity contribution in [3.63, 3.8) is 0 Å². The minimum absolute atomic E-state index is 0.420. The van der Waals surface area contributed by atoms with Crippen molar-refractivity contribution in [2.24, 2.45) is 0 Å². The smallest absolute Gasteiger partial charge is 0.343 e. The minimum Gasteiger partial charge on any atom is -0.494 e. The summed E-state index contributed by atoms with van der Waals surface area (Å²) in [5.74, 6) is 1.50. The third kappa shape index (κ3) is 7.84. The van der Waals surface area contributed by atoms with Crippen LogP contribution in [0.2, 0.25) is 19.1 Å². The molecule has 0 fully saturated rings. The predicted molar refractivity (Wildman–Crippen MR) is 108 cm³/mol. The van der Waals surface area contributed by atoms with Gasteiger partial charge in [-0.1, -0.05) is 6.92 Å². The maximum Gasteiger partial charge on any atom is 0.343 e. The molecule has 0 radical (unpaired) electrons. The summed E-state index contributed by atoms with van der Waals surface area (Å²) in [4.78, 5) is 22.0. The van der Waals surface area contributed by atoms with Crippen molar-refractivity contribution in [1.82, 2.24) is 0 Å². The highest BCUT2D eigenvalue weighted by Gasteiger charge is 2.15. The van der Waals surface area contributed by atoms with Crippen LogP contribution in [0.5, 0.6) is 17.2 Å². The molecule has 0 aliphatic rings. The summed E-state index contributed by atoms with van der Waals surface area (Å²) in [5.41, 5.74) is 0.456. The van der Waals surface area contributed by atoms with Crippen LogP contribution in [-0.4, -0.2) is 32.3 Å². The summed E-state index contributed by atoms with van der Waals surface area (Å²) in [6, 6.07) is 14.7. The molecule has 0 heterocycles. The largest absolute Gasteiger partial charge is 0.494 e. The summed E-state index contributed by atoms with van der Waals surface area (Å²) >= 11 is 0. The fraction of sp³-hybridized carbons (Fsp3) is 0.381. The van der Waals surface area contributed by atoms with Gasteiger partial charge in [-0.3, -0.25) is 0 Å². The van der Waals surface area contributed by atoms with Crippen molar-refractivity contribution in [3.8, 4) is 17.2 Å². The molecule has 0 saturated carbocycles. The molecule has 0 unspecified atom stereocenters. The van der Waals surface area contributed by atoms with Crippen molar-refractivity contribution in [2.45, 2.75) is 38.9 Å². The Kier molecular flexibility index (Phi) is 7.88. The molecule has 27 heavy (non-hydrogen) atoms. The van der Waals surface area contributed by atoms with Gasteiger partial charge in [0.25, 0.3) is 0 Å². The van der Waals surface area contributed by atoms with E-state index in [1.807, 2.05) is 20.0 Å². The highest BCUT2D eigenvalue weighted by Crippen LogP contribution is 2.20. The van der Waals surface area contributed by atoms with Crippen LogP contribution in [-0.2, 0) is 0 Å². The molecule has 0 aromatic heterocycles. The minimum atomic E-state index is -2.02. The number of carbonyl (C=O) groups is 1. The highest BCUT2D eigenvalue weighted by atomic mass is 28.4. The van der Waals surface area contributed by atoms with Gasteiger partial charge in [0, 0.05) is 0 Å². The lowest BCUT2D eigenvalue weighted by molar-refractivity contribution is 0.0734. The Morgan fingerprint density at radius 1 is 0.889 bits per heavy atom. The van der Waals surface area contributed by atoms with Gasteiger partial charge in [-0.25, -0.2) is 4.79 Å². The fourth-order valence-electron chi connectivity index (χ4n) is 2.37. The molecule has 146 valence electrons. The number of hydrogen-bond donors (Lipinski definition) is 1. The second-order valence-electron chi connectivity index (χ2n) is 7.00. The zero-order valence-corrected chi connectivity index (χ0v) is 17.2. The van der Waals surface area contributed by atoms with Gasteiger partial charge in [0.2, 0.25) is 0 Å². The molecule has 2 aromatic carbocycles. The van der Waals surface area contributed by atoms with E-state index in [-0.39, 0.29) is 0 Å². The first-order valence-electron chi connectivity index (χ1n) is 9.27. The summed E-state index contributed by atoms with van der Waals surface area (Å²) in [5, 5.41) is 0. The summed E-state index contributed by atoms with van der Waals surface area (Å²) < 4.78 is 16.5. The second kappa shape index (κ2) is 10.1. The van der Waals surface area contributed by atoms with Crippen molar-refractivity contribution < 1.29 is 23.8 Å². The zero-order valence-electron chi connectivity index (χ0n) is 16.2. The molecule has 2 aromatic rings. The van der Waals surface area contributed by atoms with E-state index in [1.54, 1.807) is 48.5 Å². The molecule has 0 saturated heterocycles. The van der Waals surface area contributed by atoms with Crippen LogP contribution >= 0.6 is 0 Å². The highest BCUT2D eigenvalue weighted by molar-refractivity contribution is 6.69. The van der Waals surface area contributed by atoms with Crippen LogP contribution < -0.4 is 14.2 Å². The van der Waals surface area contributed by atoms with Crippen LogP contribution in [0.3, 0.4) is 0 Å². The van der Waals surface area contributed by atoms with Crippen LogP contribution in [0, 0.1) is 0 Å². The molecule has 0 spiro atoms. The van der Waals surface area contributed by atoms with Crippen molar-refractivity contribution in [1.29, 1.82) is 0 Å². The molecule has 0 atom stereocenters. The summed E-state index contributed by atoms with van der Waals surface area (Å²) in [6.07, 6.45) is 1.76. The Labute approximate surface area is 162 Å². The third-order valence-corrected chi connectivity index (χ3v) is 5.38. The predicted octanol–water partition coefficient (Wildman–Crippen LogP) is 4.66. The lowest BCUT2D eigenvalue weighted by Gasteiger charge is -2.13. The van der Waals surface area contributed by atoms with Crippen molar-refractivity contribution in [2.75, 3.05) is 13.2 Å². The van der Waals surface area contributed by atoms with Gasteiger partial charge in [0.15, 0.2) is 8.32 Å². The normalized spacial score (nSPS) is 11.1. The lowest BCUT2D eigenvalue weighted by atomic mass is 10.2. The number of hydrogen-bond acceptors (Lipinski definition) is 5. The molecule has 0 aliphatic carbocycles. The van der Waals surface area contributed by atoms with Gasteiger partial charge in [0.1, 0.15) is 17.2 Å². The van der Waals surface area contributed by atoms with E-state index in [9.17, 15) is 9.59 Å². The van der Waals surface area contributed by atoms with E-state index in [4.69, 9.17) is 14.2 Å². The van der Waals surface area contributed by atoms with E-state index in [0.29, 0.717) is 30.3 Å². The van der Waals surface area contributed by atoms with E-state index < -0.39 is 14.3 Å². The number of benzene rings is 2. The van der Waals surface area contributed by atoms with Crippen LogP contribution in [0.15, 0.2) is 48.5 Å². The molecule has 1 N–H and O–H groups in total. The third-order valence-electron chi connectivity index (χ3n) is 3.80. The number of esters is 1. The maximum absolute atomic E-state index is 12.2. The zero-order chi connectivity index (χ0) is 19.7. The van der Waals surface area contributed by atoms with E-state index in [1.165, 1.54) is 0 Å². The first kappa shape index (κ1) is 21.0. The topological polar surface area (TPSA) is 65.0 Å². The number of ether oxygens (including phenoxy) is 3. The molecule has 2 rings (SSSR count). The summed E-state index contributed by atoms with van der Waals surface area (Å²) in [6.45, 7) is 7.09. The Hall–Kier alpha value is -2.31. The molecule has 0 amide bonds. The molecular weight excluding hydrogens is 360 g/mol. The molecule has 0 aliphatic heterocycles. The van der Waals surface area contributed by atoms with Crippen LogP contribution in [0.1, 0.15) is 30.1 Å². The number of rotatable bonds is 10. The van der Waals surface area contributed by atoms with E-state index in [0.717, 1.165) is 24.6 Å². The lowest BCUT2D eigenvalue weighted by Crippen LogP contribution is -2.25. The Morgan fingerprint density at radius 3 is 1.96 bits per heavy atom. The van der Waals surface area contributed by atoms with Gasteiger partial charge < -0.3 is 19.0 Å². The molecule has 5 nitrogen and oxygen atoms in total. The molecular formula is C21H28O5Si. The van der Waals surface area contributed by atoms with Gasteiger partial charge in [-0.05, 0) is 80.5 Å². The quantitative estimate of drug-likeness (QED) is 0.277. The average Bonchev–Trinajstić information content (AvgIpc) is 2.64. The first-order chi connectivity index (χ1) is 12.9. The molecule has 0 bridgehead atoms. The Balaban J connectivity index is 1.82. The monoisotopic (exact) mass is 388 g/mol. The maximum atomic E-state index is 12.2. The second-order valence-corrected chi connectivity index (χ2v) is 11.1. The molecule has 6 heteroatoms. The Bertz CT molecular complexity index is 705. The SMILES string of the molecule is CCCOc1ccc(OC(=O)c2ccc(OCCC[Si](C)(C)O)cc2)cc1.